The molecule has 3 rings (SSSR count). The summed E-state index contributed by atoms with van der Waals surface area (Å²) in [5.41, 5.74) is 1.92. The van der Waals surface area contributed by atoms with Crippen LogP contribution in [0.1, 0.15) is 28.7 Å². The molecule has 1 fully saturated rings. The van der Waals surface area contributed by atoms with Crippen LogP contribution < -0.4 is 9.62 Å². The number of ketones is 1. The summed E-state index contributed by atoms with van der Waals surface area (Å²) in [7, 11) is -3.81. The summed E-state index contributed by atoms with van der Waals surface area (Å²) >= 11 is 0. The highest BCUT2D eigenvalue weighted by atomic mass is 32.2. The quantitative estimate of drug-likeness (QED) is 0.779. The van der Waals surface area contributed by atoms with E-state index in [0.717, 1.165) is 0 Å². The first-order chi connectivity index (χ1) is 12.8. The lowest BCUT2D eigenvalue weighted by Crippen LogP contribution is -2.37. The highest BCUT2D eigenvalue weighted by Crippen LogP contribution is 2.24. The topological polar surface area (TPSA) is 101 Å². The minimum absolute atomic E-state index is 0.0727. The maximum absolute atomic E-state index is 12.7. The lowest BCUT2D eigenvalue weighted by atomic mass is 10.2. The summed E-state index contributed by atoms with van der Waals surface area (Å²) in [6.45, 7) is 7.56. The summed E-state index contributed by atoms with van der Waals surface area (Å²) in [5, 5.41) is 0. The van der Waals surface area contributed by atoms with Crippen LogP contribution in [0.15, 0.2) is 29.2 Å². The van der Waals surface area contributed by atoms with Crippen LogP contribution in [0.25, 0.3) is 0 Å². The van der Waals surface area contributed by atoms with Crippen molar-refractivity contribution in [3.63, 3.8) is 0 Å². The SMILES string of the molecule is CC(=O)c1ccc(S(=O)(=O)Nc2c(C)nc(N3CCOCC3)nc2C)cc1. The molecule has 2 heterocycles. The summed E-state index contributed by atoms with van der Waals surface area (Å²) in [4.78, 5) is 22.4. The molecule has 1 aliphatic heterocycles. The predicted octanol–water partition coefficient (Wildman–Crippen LogP) is 1.93. The number of carbonyl (C=O) groups is 1. The Morgan fingerprint density at radius 3 is 2.15 bits per heavy atom. The van der Waals surface area contributed by atoms with E-state index >= 15 is 0 Å². The van der Waals surface area contributed by atoms with Gasteiger partial charge in [-0.25, -0.2) is 18.4 Å². The average Bonchev–Trinajstić information content (AvgIpc) is 2.65. The standard InChI is InChI=1S/C18H22N4O4S/c1-12-17(13(2)20-18(19-12)22-8-10-26-11-9-22)21-27(24,25)16-6-4-15(5-7-16)14(3)23/h4-7,21H,8-11H2,1-3H3. The highest BCUT2D eigenvalue weighted by molar-refractivity contribution is 7.92. The maximum Gasteiger partial charge on any atom is 0.262 e. The van der Waals surface area contributed by atoms with E-state index in [0.29, 0.717) is 54.9 Å². The van der Waals surface area contributed by atoms with Crippen LogP contribution in [0.4, 0.5) is 11.6 Å². The smallest absolute Gasteiger partial charge is 0.262 e. The van der Waals surface area contributed by atoms with E-state index in [1.165, 1.54) is 31.2 Å². The number of morpholine rings is 1. The van der Waals surface area contributed by atoms with Gasteiger partial charge in [-0.2, -0.15) is 0 Å². The van der Waals surface area contributed by atoms with Gasteiger partial charge < -0.3 is 9.64 Å². The van der Waals surface area contributed by atoms with Gasteiger partial charge in [-0.3, -0.25) is 9.52 Å². The van der Waals surface area contributed by atoms with E-state index in [1.807, 2.05) is 4.90 Å². The fraction of sp³-hybridized carbons (Fsp3) is 0.389. The van der Waals surface area contributed by atoms with Crippen molar-refractivity contribution >= 4 is 27.4 Å². The zero-order chi connectivity index (χ0) is 19.6. The van der Waals surface area contributed by atoms with Crippen molar-refractivity contribution in [1.82, 2.24) is 9.97 Å². The summed E-state index contributed by atoms with van der Waals surface area (Å²) in [6, 6.07) is 5.81. The first-order valence-corrected chi connectivity index (χ1v) is 10.1. The third-order valence-electron chi connectivity index (χ3n) is 4.36. The average molecular weight is 390 g/mol. The number of nitrogens with zero attached hydrogens (tertiary/aromatic N) is 3. The second-order valence-corrected chi connectivity index (χ2v) is 8.04. The van der Waals surface area contributed by atoms with Gasteiger partial charge >= 0.3 is 0 Å². The Labute approximate surface area is 158 Å². The van der Waals surface area contributed by atoms with Crippen LogP contribution in [-0.4, -0.2) is 50.5 Å². The van der Waals surface area contributed by atoms with Crippen molar-refractivity contribution in [3.8, 4) is 0 Å². The number of carbonyl (C=O) groups excluding carboxylic acids is 1. The molecular formula is C18H22N4O4S. The monoisotopic (exact) mass is 390 g/mol. The molecule has 8 nitrogen and oxygen atoms in total. The van der Waals surface area contributed by atoms with Crippen LogP contribution in [0.5, 0.6) is 0 Å². The number of rotatable bonds is 5. The van der Waals surface area contributed by atoms with E-state index in [4.69, 9.17) is 4.74 Å². The second kappa shape index (κ2) is 7.61. The highest BCUT2D eigenvalue weighted by Gasteiger charge is 2.21. The largest absolute Gasteiger partial charge is 0.378 e. The molecule has 0 saturated carbocycles. The Bertz CT molecular complexity index is 929. The molecule has 0 atom stereocenters. The Morgan fingerprint density at radius 1 is 1.07 bits per heavy atom. The van der Waals surface area contributed by atoms with Crippen LogP contribution in [0.2, 0.25) is 0 Å². The number of aromatic nitrogens is 2. The normalized spacial score (nSPS) is 14.9. The molecule has 0 radical (unpaired) electrons. The van der Waals surface area contributed by atoms with Gasteiger partial charge in [0.25, 0.3) is 10.0 Å². The fourth-order valence-corrected chi connectivity index (χ4v) is 3.99. The number of aryl methyl sites for hydroxylation is 2. The molecule has 1 aromatic carbocycles. The van der Waals surface area contributed by atoms with E-state index in [9.17, 15) is 13.2 Å². The Hall–Kier alpha value is -2.52. The van der Waals surface area contributed by atoms with Crippen molar-refractivity contribution in [2.45, 2.75) is 25.7 Å². The maximum atomic E-state index is 12.7. The van der Waals surface area contributed by atoms with Crippen molar-refractivity contribution < 1.29 is 17.9 Å². The van der Waals surface area contributed by atoms with E-state index < -0.39 is 10.0 Å². The summed E-state index contributed by atoms with van der Waals surface area (Å²) in [5.74, 6) is 0.452. The molecule has 144 valence electrons. The van der Waals surface area contributed by atoms with Crippen molar-refractivity contribution in [3.05, 3.63) is 41.2 Å². The molecule has 1 N–H and O–H groups in total. The Kier molecular flexibility index (Phi) is 5.43. The van der Waals surface area contributed by atoms with Gasteiger partial charge in [0, 0.05) is 18.7 Å². The van der Waals surface area contributed by atoms with Gasteiger partial charge in [0.05, 0.1) is 35.2 Å². The molecule has 9 heteroatoms. The van der Waals surface area contributed by atoms with Crippen molar-refractivity contribution in [2.24, 2.45) is 0 Å². The van der Waals surface area contributed by atoms with Gasteiger partial charge in [0.2, 0.25) is 5.95 Å². The molecule has 27 heavy (non-hydrogen) atoms. The molecule has 1 aliphatic rings. The Balaban J connectivity index is 1.86. The number of hydrogen-bond acceptors (Lipinski definition) is 7. The Morgan fingerprint density at radius 2 is 1.63 bits per heavy atom. The lowest BCUT2D eigenvalue weighted by Gasteiger charge is -2.27. The zero-order valence-corrected chi connectivity index (χ0v) is 16.3. The van der Waals surface area contributed by atoms with Crippen LogP contribution in [0.3, 0.4) is 0 Å². The number of hydrogen-bond donors (Lipinski definition) is 1. The van der Waals surface area contributed by atoms with E-state index in [-0.39, 0.29) is 10.7 Å². The summed E-state index contributed by atoms with van der Waals surface area (Å²) < 4.78 is 33.3. The second-order valence-electron chi connectivity index (χ2n) is 6.35. The van der Waals surface area contributed by atoms with Crippen molar-refractivity contribution in [1.29, 1.82) is 0 Å². The molecule has 0 spiro atoms. The minimum Gasteiger partial charge on any atom is -0.378 e. The van der Waals surface area contributed by atoms with Crippen LogP contribution >= 0.6 is 0 Å². The number of anilines is 2. The molecule has 0 unspecified atom stereocenters. The van der Waals surface area contributed by atoms with Gasteiger partial charge in [0.15, 0.2) is 5.78 Å². The molecule has 0 aliphatic carbocycles. The first kappa shape index (κ1) is 19.2. The van der Waals surface area contributed by atoms with Crippen molar-refractivity contribution in [2.75, 3.05) is 35.9 Å². The molecule has 1 saturated heterocycles. The molecular weight excluding hydrogens is 368 g/mol. The summed E-state index contributed by atoms with van der Waals surface area (Å²) in [6.07, 6.45) is 0. The molecule has 0 bridgehead atoms. The van der Waals surface area contributed by atoms with Gasteiger partial charge in [-0.15, -0.1) is 0 Å². The van der Waals surface area contributed by atoms with E-state index in [2.05, 4.69) is 14.7 Å². The first-order valence-electron chi connectivity index (χ1n) is 8.59. The number of Topliss-reactive ketones (excluding diaryl/α,β-unsaturated/α-hetero) is 1. The third-order valence-corrected chi connectivity index (χ3v) is 5.73. The number of benzene rings is 1. The number of sulfonamides is 1. The van der Waals surface area contributed by atoms with Gasteiger partial charge in [0.1, 0.15) is 0 Å². The predicted molar refractivity (Wildman–Crippen MR) is 102 cm³/mol. The molecule has 0 amide bonds. The number of nitrogens with one attached hydrogen (secondary N) is 1. The van der Waals surface area contributed by atoms with Crippen LogP contribution in [0, 0.1) is 13.8 Å². The molecule has 2 aromatic rings. The van der Waals surface area contributed by atoms with Crippen LogP contribution in [-0.2, 0) is 14.8 Å². The zero-order valence-electron chi connectivity index (χ0n) is 15.5. The minimum atomic E-state index is -3.81. The van der Waals surface area contributed by atoms with E-state index in [1.54, 1.807) is 13.8 Å². The number of ether oxygens (including phenoxy) is 1. The molecule has 1 aromatic heterocycles. The lowest BCUT2D eigenvalue weighted by molar-refractivity contribution is 0.101. The van der Waals surface area contributed by atoms with Gasteiger partial charge in [-0.05, 0) is 32.9 Å². The fourth-order valence-electron chi connectivity index (χ4n) is 2.81. The van der Waals surface area contributed by atoms with Gasteiger partial charge in [-0.1, -0.05) is 12.1 Å². The third kappa shape index (κ3) is 4.25.